The summed E-state index contributed by atoms with van der Waals surface area (Å²) in [6, 6.07) is 0. The van der Waals surface area contributed by atoms with Crippen molar-refractivity contribution in [1.82, 2.24) is 4.90 Å². The minimum Gasteiger partial charge on any atom is -0.465 e. The molecule has 0 amide bonds. The van der Waals surface area contributed by atoms with Crippen LogP contribution in [0.1, 0.15) is 209 Å². The molecule has 7 heteroatoms. The van der Waals surface area contributed by atoms with Gasteiger partial charge in [0.25, 0.3) is 0 Å². The highest BCUT2D eigenvalue weighted by Gasteiger charge is 2.20. The quantitative estimate of drug-likeness (QED) is 0.0361. The smallest absolute Gasteiger partial charge is 0.320 e. The molecule has 0 N–H and O–H groups in total. The van der Waals surface area contributed by atoms with Gasteiger partial charge in [-0.15, -0.1) is 0 Å². The van der Waals surface area contributed by atoms with Crippen molar-refractivity contribution in [2.24, 2.45) is 35.5 Å². The van der Waals surface area contributed by atoms with E-state index in [1.165, 1.54) is 64.2 Å². The van der Waals surface area contributed by atoms with Crippen LogP contribution in [-0.2, 0) is 28.6 Å². The lowest BCUT2D eigenvalue weighted by atomic mass is 9.89. The molecule has 1 aliphatic heterocycles. The second-order valence-electron chi connectivity index (χ2n) is 18.4. The molecule has 0 bridgehead atoms. The Labute approximate surface area is 334 Å². The molecule has 2 unspecified atom stereocenters. The third kappa shape index (κ3) is 28.7. The van der Waals surface area contributed by atoms with Crippen molar-refractivity contribution >= 4 is 17.9 Å². The fourth-order valence-electron chi connectivity index (χ4n) is 7.52. The second kappa shape index (κ2) is 32.5. The molecule has 1 saturated heterocycles. The zero-order valence-corrected chi connectivity index (χ0v) is 36.9. The molecule has 7 nitrogen and oxygen atoms in total. The van der Waals surface area contributed by atoms with Gasteiger partial charge in [-0.3, -0.25) is 19.3 Å². The number of carbonyl (C=O) groups excluding carboxylic acids is 3. The van der Waals surface area contributed by atoms with Crippen molar-refractivity contribution in [3.63, 3.8) is 0 Å². The van der Waals surface area contributed by atoms with Crippen LogP contribution in [0.5, 0.6) is 0 Å². The number of rotatable bonds is 35. The van der Waals surface area contributed by atoms with E-state index in [0.29, 0.717) is 68.1 Å². The molecule has 0 aromatic heterocycles. The van der Waals surface area contributed by atoms with Gasteiger partial charge < -0.3 is 14.2 Å². The van der Waals surface area contributed by atoms with Gasteiger partial charge in [-0.2, -0.15) is 0 Å². The molecule has 0 radical (unpaired) electrons. The van der Waals surface area contributed by atoms with E-state index < -0.39 is 0 Å². The van der Waals surface area contributed by atoms with Crippen LogP contribution in [0.2, 0.25) is 0 Å². The zero-order chi connectivity index (χ0) is 40.0. The summed E-state index contributed by atoms with van der Waals surface area (Å²) in [7, 11) is 0. The Morgan fingerprint density at radius 3 is 1.20 bits per heavy atom. The van der Waals surface area contributed by atoms with Crippen molar-refractivity contribution in [1.29, 1.82) is 0 Å². The first kappa shape index (κ1) is 50.4. The summed E-state index contributed by atoms with van der Waals surface area (Å²) in [6.45, 7) is 21.5. The van der Waals surface area contributed by atoms with Crippen molar-refractivity contribution in [3.8, 4) is 0 Å². The number of hydrogen-bond donors (Lipinski definition) is 0. The van der Waals surface area contributed by atoms with Gasteiger partial charge >= 0.3 is 17.9 Å². The Hall–Kier alpha value is -1.63. The van der Waals surface area contributed by atoms with E-state index in [2.05, 4.69) is 60.3 Å². The summed E-state index contributed by atoms with van der Waals surface area (Å²) in [5, 5.41) is 0. The van der Waals surface area contributed by atoms with Gasteiger partial charge in [0.2, 0.25) is 0 Å². The van der Waals surface area contributed by atoms with Gasteiger partial charge in [0.05, 0.1) is 19.8 Å². The first-order valence-electron chi connectivity index (χ1n) is 23.1. The summed E-state index contributed by atoms with van der Waals surface area (Å²) in [6.07, 6.45) is 25.6. The molecule has 1 heterocycles. The SMILES string of the molecule is CC(C)CCC(COC(=O)CCCCCCCCCC(CCCCCCCCCC(=O)OCC(CCC(C)C)C(C)C)OC(=O)CN1CCCC1)C(C)C. The minimum atomic E-state index is -0.0514. The molecule has 1 fully saturated rings. The third-order valence-electron chi connectivity index (χ3n) is 11.7. The van der Waals surface area contributed by atoms with Crippen molar-refractivity contribution in [3.05, 3.63) is 0 Å². The first-order valence-corrected chi connectivity index (χ1v) is 23.1. The number of likely N-dealkylation sites (tertiary alicyclic amines) is 1. The Kier molecular flexibility index (Phi) is 30.3. The van der Waals surface area contributed by atoms with Gasteiger partial charge in [0, 0.05) is 12.8 Å². The summed E-state index contributed by atoms with van der Waals surface area (Å²) >= 11 is 0. The molecule has 0 aromatic rings. The van der Waals surface area contributed by atoms with Gasteiger partial charge in [0.15, 0.2) is 0 Å². The van der Waals surface area contributed by atoms with Crippen LogP contribution >= 0.6 is 0 Å². The molecule has 0 aliphatic carbocycles. The van der Waals surface area contributed by atoms with Crippen molar-refractivity contribution in [2.75, 3.05) is 32.8 Å². The van der Waals surface area contributed by atoms with Crippen molar-refractivity contribution in [2.45, 2.75) is 216 Å². The van der Waals surface area contributed by atoms with Crippen LogP contribution in [0.15, 0.2) is 0 Å². The Morgan fingerprint density at radius 1 is 0.463 bits per heavy atom. The Balaban J connectivity index is 2.21. The summed E-state index contributed by atoms with van der Waals surface area (Å²) < 4.78 is 17.3. The largest absolute Gasteiger partial charge is 0.465 e. The second-order valence-corrected chi connectivity index (χ2v) is 18.4. The summed E-state index contributed by atoms with van der Waals surface area (Å²) in [5.74, 6) is 3.26. The molecule has 318 valence electrons. The fraction of sp³-hybridized carbons (Fsp3) is 0.936. The first-order chi connectivity index (χ1) is 25.9. The summed E-state index contributed by atoms with van der Waals surface area (Å²) in [4.78, 5) is 39.6. The van der Waals surface area contributed by atoms with Crippen LogP contribution in [0.4, 0.5) is 0 Å². The van der Waals surface area contributed by atoms with E-state index in [1.54, 1.807) is 0 Å². The third-order valence-corrected chi connectivity index (χ3v) is 11.7. The number of carbonyl (C=O) groups is 3. The van der Waals surface area contributed by atoms with E-state index in [9.17, 15) is 14.4 Å². The molecule has 1 aliphatic rings. The van der Waals surface area contributed by atoms with E-state index in [4.69, 9.17) is 14.2 Å². The van der Waals surface area contributed by atoms with Gasteiger partial charge in [-0.25, -0.2) is 0 Å². The molecule has 0 aromatic carbocycles. The average Bonchev–Trinajstić information content (AvgIpc) is 3.62. The van der Waals surface area contributed by atoms with E-state index in [1.807, 2.05) is 0 Å². The fourth-order valence-corrected chi connectivity index (χ4v) is 7.52. The minimum absolute atomic E-state index is 0.0264. The maximum absolute atomic E-state index is 12.8. The van der Waals surface area contributed by atoms with E-state index >= 15 is 0 Å². The monoisotopic (exact) mass is 764 g/mol. The molecular formula is C47H89NO6. The topological polar surface area (TPSA) is 82.1 Å². The van der Waals surface area contributed by atoms with Crippen LogP contribution in [0.3, 0.4) is 0 Å². The zero-order valence-electron chi connectivity index (χ0n) is 36.9. The molecular weight excluding hydrogens is 675 g/mol. The Bertz CT molecular complexity index is 869. The van der Waals surface area contributed by atoms with E-state index in [0.717, 1.165) is 90.1 Å². The molecule has 1 rings (SSSR count). The van der Waals surface area contributed by atoms with Gasteiger partial charge in [0.1, 0.15) is 6.10 Å². The predicted molar refractivity (Wildman–Crippen MR) is 225 cm³/mol. The Morgan fingerprint density at radius 2 is 0.833 bits per heavy atom. The lowest BCUT2D eigenvalue weighted by molar-refractivity contribution is -0.151. The number of esters is 3. The predicted octanol–water partition coefficient (Wildman–Crippen LogP) is 12.5. The van der Waals surface area contributed by atoms with Crippen LogP contribution < -0.4 is 0 Å². The molecule has 54 heavy (non-hydrogen) atoms. The highest BCUT2D eigenvalue weighted by molar-refractivity contribution is 5.72. The summed E-state index contributed by atoms with van der Waals surface area (Å²) in [5.41, 5.74) is 0. The van der Waals surface area contributed by atoms with Crippen LogP contribution in [-0.4, -0.2) is 61.8 Å². The highest BCUT2D eigenvalue weighted by Crippen LogP contribution is 2.23. The number of unbranched alkanes of at least 4 members (excludes halogenated alkanes) is 12. The molecule has 0 spiro atoms. The number of ether oxygens (including phenoxy) is 3. The van der Waals surface area contributed by atoms with Gasteiger partial charge in [-0.1, -0.05) is 132 Å². The molecule has 0 saturated carbocycles. The van der Waals surface area contributed by atoms with E-state index in [-0.39, 0.29) is 24.0 Å². The van der Waals surface area contributed by atoms with Crippen LogP contribution in [0, 0.1) is 35.5 Å². The van der Waals surface area contributed by atoms with Crippen molar-refractivity contribution < 1.29 is 28.6 Å². The lowest BCUT2D eigenvalue weighted by Gasteiger charge is -2.21. The van der Waals surface area contributed by atoms with Gasteiger partial charge in [-0.05, 0) is 113 Å². The normalized spacial score (nSPS) is 15.3. The number of hydrogen-bond acceptors (Lipinski definition) is 7. The standard InChI is InChI=1S/C47H89NO6/c1-38(2)29-31-42(40(5)6)36-52-45(49)27-21-17-13-9-11-15-19-25-44(54-47(51)35-48-33-23-24-34-48)26-20-16-12-10-14-18-22-28-46(50)53-37-43(41(7)8)32-30-39(3)4/h38-44H,9-37H2,1-8H3. The maximum Gasteiger partial charge on any atom is 0.320 e. The number of nitrogens with zero attached hydrogens (tertiary/aromatic N) is 1. The molecule has 2 atom stereocenters. The average molecular weight is 764 g/mol. The highest BCUT2D eigenvalue weighted by atomic mass is 16.5. The maximum atomic E-state index is 12.8. The van der Waals surface area contributed by atoms with Crippen LogP contribution in [0.25, 0.3) is 0 Å². The lowest BCUT2D eigenvalue weighted by Crippen LogP contribution is -2.31.